The predicted molar refractivity (Wildman–Crippen MR) is 91.2 cm³/mol. The average Bonchev–Trinajstić information content (AvgIpc) is 3.04. The van der Waals surface area contributed by atoms with E-state index in [9.17, 15) is 4.57 Å². The maximum Gasteiger partial charge on any atom is 0.326 e. The van der Waals surface area contributed by atoms with Gasteiger partial charge in [-0.2, -0.15) is 0 Å². The first-order valence-corrected chi connectivity index (χ1v) is 9.86. The number of benzene rings is 1. The molecule has 0 atom stereocenters. The Labute approximate surface area is 144 Å². The van der Waals surface area contributed by atoms with E-state index < -0.39 is 7.60 Å². The monoisotopic (exact) mass is 366 g/mol. The van der Waals surface area contributed by atoms with Gasteiger partial charge in [0, 0.05) is 44.2 Å². The Morgan fingerprint density at radius 1 is 1.08 bits per heavy atom. The van der Waals surface area contributed by atoms with Crippen LogP contribution in [0, 0.1) is 0 Å². The molecule has 0 amide bonds. The van der Waals surface area contributed by atoms with Crippen molar-refractivity contribution >= 4 is 24.3 Å². The van der Waals surface area contributed by atoms with Gasteiger partial charge in [0.05, 0.1) is 11.7 Å². The van der Waals surface area contributed by atoms with Crippen molar-refractivity contribution in [2.45, 2.75) is 0 Å². The number of hydrogen-bond donors (Lipinski definition) is 2. The minimum absolute atomic E-state index is 0.104. The van der Waals surface area contributed by atoms with Gasteiger partial charge in [-0.1, -0.05) is 0 Å². The van der Waals surface area contributed by atoms with Crippen molar-refractivity contribution in [3.05, 3.63) is 18.5 Å². The van der Waals surface area contributed by atoms with E-state index in [1.165, 1.54) is 0 Å². The highest BCUT2D eigenvalue weighted by Crippen LogP contribution is 2.38. The van der Waals surface area contributed by atoms with Gasteiger partial charge in [-0.3, -0.25) is 9.46 Å². The SMILES string of the molecule is O=P(O)(O)CCN1CCN(c2ncnc3cc4c(cc23)OCO4)CC1. The molecular weight excluding hydrogens is 347 g/mol. The van der Waals surface area contributed by atoms with Gasteiger partial charge >= 0.3 is 7.60 Å². The molecule has 134 valence electrons. The summed E-state index contributed by atoms with van der Waals surface area (Å²) in [5.41, 5.74) is 0.804. The molecule has 2 aliphatic heterocycles. The number of ether oxygens (including phenoxy) is 2. The molecule has 2 aromatic rings. The molecule has 10 heteroatoms. The highest BCUT2D eigenvalue weighted by molar-refractivity contribution is 7.51. The van der Waals surface area contributed by atoms with Crippen LogP contribution < -0.4 is 14.4 Å². The van der Waals surface area contributed by atoms with Crippen LogP contribution in [0.25, 0.3) is 10.9 Å². The smallest absolute Gasteiger partial charge is 0.326 e. The van der Waals surface area contributed by atoms with Crippen LogP contribution in [0.1, 0.15) is 0 Å². The van der Waals surface area contributed by atoms with Crippen LogP contribution in [-0.2, 0) is 4.57 Å². The van der Waals surface area contributed by atoms with Crippen molar-refractivity contribution in [3.63, 3.8) is 0 Å². The standard InChI is InChI=1S/C15H19N4O5P/c20-25(21,22)6-5-18-1-3-19(4-2-18)15-11-7-13-14(24-10-23-13)8-12(11)16-9-17-15/h7-9H,1-6,10H2,(H2,20,21,22). The zero-order valence-corrected chi connectivity index (χ0v) is 14.4. The van der Waals surface area contributed by atoms with Gasteiger partial charge < -0.3 is 24.2 Å². The third-order valence-electron chi connectivity index (χ3n) is 4.49. The molecule has 0 unspecified atom stereocenters. The molecule has 0 spiro atoms. The lowest BCUT2D eigenvalue weighted by molar-refractivity contribution is 0.174. The maximum atomic E-state index is 11.0. The van der Waals surface area contributed by atoms with Crippen LogP contribution in [-0.4, -0.2) is 70.3 Å². The van der Waals surface area contributed by atoms with Crippen LogP contribution >= 0.6 is 7.60 Å². The Hall–Kier alpha value is -1.93. The van der Waals surface area contributed by atoms with Crippen molar-refractivity contribution in [2.75, 3.05) is 50.6 Å². The van der Waals surface area contributed by atoms with Crippen molar-refractivity contribution in [2.24, 2.45) is 0 Å². The fourth-order valence-corrected chi connectivity index (χ4v) is 3.68. The molecule has 0 radical (unpaired) electrons. The van der Waals surface area contributed by atoms with Gasteiger partial charge in [0.15, 0.2) is 11.5 Å². The third-order valence-corrected chi connectivity index (χ3v) is 5.27. The minimum atomic E-state index is -3.95. The average molecular weight is 366 g/mol. The summed E-state index contributed by atoms with van der Waals surface area (Å²) < 4.78 is 21.9. The molecular formula is C15H19N4O5P. The van der Waals surface area contributed by atoms with Gasteiger partial charge in [-0.25, -0.2) is 9.97 Å². The fourth-order valence-electron chi connectivity index (χ4n) is 3.14. The molecule has 1 aromatic heterocycles. The van der Waals surface area contributed by atoms with Gasteiger partial charge in [0.1, 0.15) is 12.1 Å². The van der Waals surface area contributed by atoms with E-state index in [0.29, 0.717) is 18.0 Å². The Kier molecular flexibility index (Phi) is 4.24. The molecule has 1 aromatic carbocycles. The minimum Gasteiger partial charge on any atom is -0.454 e. The molecule has 9 nitrogen and oxygen atoms in total. The summed E-state index contributed by atoms with van der Waals surface area (Å²) in [7, 11) is -3.95. The van der Waals surface area contributed by atoms with Crippen LogP contribution in [0.15, 0.2) is 18.5 Å². The van der Waals surface area contributed by atoms with E-state index in [2.05, 4.69) is 19.8 Å². The summed E-state index contributed by atoms with van der Waals surface area (Å²) in [4.78, 5) is 31.0. The maximum absolute atomic E-state index is 11.0. The number of hydrogen-bond acceptors (Lipinski definition) is 7. The molecule has 0 bridgehead atoms. The second-order valence-corrected chi connectivity index (χ2v) is 7.91. The molecule has 0 saturated carbocycles. The van der Waals surface area contributed by atoms with Crippen LogP contribution in [0.4, 0.5) is 5.82 Å². The number of nitrogens with zero attached hydrogens (tertiary/aromatic N) is 4. The largest absolute Gasteiger partial charge is 0.454 e. The Morgan fingerprint density at radius 3 is 2.52 bits per heavy atom. The zero-order valence-electron chi connectivity index (χ0n) is 13.5. The highest BCUT2D eigenvalue weighted by Gasteiger charge is 2.23. The lowest BCUT2D eigenvalue weighted by atomic mass is 10.2. The normalized spacial score (nSPS) is 18.1. The van der Waals surface area contributed by atoms with Gasteiger partial charge in [-0.15, -0.1) is 0 Å². The first kappa shape index (κ1) is 16.5. The van der Waals surface area contributed by atoms with E-state index in [1.807, 2.05) is 12.1 Å². The molecule has 1 saturated heterocycles. The van der Waals surface area contributed by atoms with Gasteiger partial charge in [0.25, 0.3) is 0 Å². The van der Waals surface area contributed by atoms with E-state index >= 15 is 0 Å². The van der Waals surface area contributed by atoms with Crippen molar-refractivity contribution in [1.82, 2.24) is 14.9 Å². The van der Waals surface area contributed by atoms with Gasteiger partial charge in [-0.05, 0) is 6.07 Å². The molecule has 4 rings (SSSR count). The molecule has 2 N–H and O–H groups in total. The molecule has 2 aliphatic rings. The second-order valence-electron chi connectivity index (χ2n) is 6.14. The number of anilines is 1. The van der Waals surface area contributed by atoms with Crippen molar-refractivity contribution < 1.29 is 23.8 Å². The number of aromatic nitrogens is 2. The van der Waals surface area contributed by atoms with E-state index in [4.69, 9.17) is 19.3 Å². The second kappa shape index (κ2) is 6.42. The molecule has 0 aliphatic carbocycles. The third kappa shape index (κ3) is 3.55. The van der Waals surface area contributed by atoms with E-state index in [1.54, 1.807) is 6.33 Å². The number of fused-ring (bicyclic) bond motifs is 2. The summed E-state index contributed by atoms with van der Waals surface area (Å²) in [6.07, 6.45) is 1.44. The van der Waals surface area contributed by atoms with Crippen molar-refractivity contribution in [3.8, 4) is 11.5 Å². The summed E-state index contributed by atoms with van der Waals surface area (Å²) in [5, 5.41) is 0.912. The van der Waals surface area contributed by atoms with Crippen LogP contribution in [0.3, 0.4) is 0 Å². The Bertz CT molecular complexity index is 834. The quantitative estimate of drug-likeness (QED) is 0.754. The van der Waals surface area contributed by atoms with Crippen molar-refractivity contribution in [1.29, 1.82) is 0 Å². The number of rotatable bonds is 4. The first-order chi connectivity index (χ1) is 12.0. The summed E-state index contributed by atoms with van der Waals surface area (Å²) in [6.45, 7) is 3.56. The first-order valence-electron chi connectivity index (χ1n) is 8.06. The Morgan fingerprint density at radius 2 is 1.80 bits per heavy atom. The van der Waals surface area contributed by atoms with Gasteiger partial charge in [0.2, 0.25) is 6.79 Å². The zero-order chi connectivity index (χ0) is 17.4. The topological polar surface area (TPSA) is 108 Å². The molecule has 1 fully saturated rings. The van der Waals surface area contributed by atoms with Crippen LogP contribution in [0.2, 0.25) is 0 Å². The van der Waals surface area contributed by atoms with E-state index in [0.717, 1.165) is 42.9 Å². The Balaban J connectivity index is 1.51. The summed E-state index contributed by atoms with van der Waals surface area (Å²) in [5.74, 6) is 2.24. The van der Waals surface area contributed by atoms with Crippen LogP contribution in [0.5, 0.6) is 11.5 Å². The summed E-state index contributed by atoms with van der Waals surface area (Å²) >= 11 is 0. The molecule has 25 heavy (non-hydrogen) atoms. The number of piperazine rings is 1. The highest BCUT2D eigenvalue weighted by atomic mass is 31.2. The lowest BCUT2D eigenvalue weighted by Gasteiger charge is -2.35. The lowest BCUT2D eigenvalue weighted by Crippen LogP contribution is -2.47. The molecule has 3 heterocycles. The van der Waals surface area contributed by atoms with E-state index in [-0.39, 0.29) is 13.0 Å². The fraction of sp³-hybridized carbons (Fsp3) is 0.467. The summed E-state index contributed by atoms with van der Waals surface area (Å²) in [6, 6.07) is 3.77. The predicted octanol–water partition coefficient (Wildman–Crippen LogP) is 0.658.